The van der Waals surface area contributed by atoms with E-state index in [4.69, 9.17) is 4.74 Å². The van der Waals surface area contributed by atoms with Crippen molar-refractivity contribution in [2.24, 2.45) is 0 Å². The van der Waals surface area contributed by atoms with Crippen LogP contribution in [0.2, 0.25) is 0 Å². The summed E-state index contributed by atoms with van der Waals surface area (Å²) in [7, 11) is 1.52. The lowest BCUT2D eigenvalue weighted by Crippen LogP contribution is -1.92. The highest BCUT2D eigenvalue weighted by molar-refractivity contribution is 5.92. The summed E-state index contributed by atoms with van der Waals surface area (Å²) in [6.07, 6.45) is 4.97. The molecule has 0 aromatic carbocycles. The number of rotatable bonds is 2. The third-order valence-corrected chi connectivity index (χ3v) is 1.90. The zero-order valence-electron chi connectivity index (χ0n) is 7.89. The maximum atomic E-state index is 11.1. The zero-order chi connectivity index (χ0) is 10.1. The number of hydrogen-bond donors (Lipinski definition) is 0. The van der Waals surface area contributed by atoms with Crippen molar-refractivity contribution in [3.8, 4) is 5.88 Å². The molecule has 0 amide bonds. The quantitative estimate of drug-likeness (QED) is 0.663. The van der Waals surface area contributed by atoms with Crippen LogP contribution in [-0.2, 0) is 0 Å². The molecule has 2 aromatic rings. The van der Waals surface area contributed by atoms with Crippen LogP contribution in [0.5, 0.6) is 5.88 Å². The maximum Gasteiger partial charge on any atom is 0.258 e. The van der Waals surface area contributed by atoms with Gasteiger partial charge in [0.15, 0.2) is 5.78 Å². The number of fused-ring (bicyclic) bond motifs is 1. The standard InChI is InChI=1S/C9H9N3O2/c1-6(13)7-5-12-4-3-10-9(14-2)8(12)11-7/h3-5H,1-2H3. The van der Waals surface area contributed by atoms with Crippen LogP contribution < -0.4 is 4.74 Å². The van der Waals surface area contributed by atoms with E-state index < -0.39 is 0 Å². The molecule has 14 heavy (non-hydrogen) atoms. The highest BCUT2D eigenvalue weighted by atomic mass is 16.5. The number of Topliss-reactive ketones (excluding diaryl/α,β-unsaturated/α-hetero) is 1. The number of imidazole rings is 1. The van der Waals surface area contributed by atoms with E-state index in [1.807, 2.05) is 0 Å². The molecular formula is C9H9N3O2. The molecule has 0 aliphatic rings. The maximum absolute atomic E-state index is 11.1. The largest absolute Gasteiger partial charge is 0.478 e. The van der Waals surface area contributed by atoms with Crippen LogP contribution in [0.4, 0.5) is 0 Å². The van der Waals surface area contributed by atoms with E-state index in [1.54, 1.807) is 23.0 Å². The first-order chi connectivity index (χ1) is 6.72. The molecule has 0 aliphatic heterocycles. The summed E-state index contributed by atoms with van der Waals surface area (Å²) in [6, 6.07) is 0. The normalized spacial score (nSPS) is 10.4. The minimum absolute atomic E-state index is 0.0734. The fraction of sp³-hybridized carbons (Fsp3) is 0.222. The number of methoxy groups -OCH3 is 1. The lowest BCUT2D eigenvalue weighted by molar-refractivity contribution is 0.101. The predicted molar refractivity (Wildman–Crippen MR) is 49.5 cm³/mol. The average molecular weight is 191 g/mol. The van der Waals surface area contributed by atoms with Gasteiger partial charge in [0, 0.05) is 25.5 Å². The molecule has 0 unspecified atom stereocenters. The van der Waals surface area contributed by atoms with E-state index in [1.165, 1.54) is 14.0 Å². The molecule has 0 aliphatic carbocycles. The van der Waals surface area contributed by atoms with Crippen molar-refractivity contribution in [3.63, 3.8) is 0 Å². The summed E-state index contributed by atoms with van der Waals surface area (Å²) in [4.78, 5) is 19.2. The van der Waals surface area contributed by atoms with E-state index in [0.717, 1.165) is 0 Å². The molecule has 0 radical (unpaired) electrons. The van der Waals surface area contributed by atoms with Crippen LogP contribution in [0.25, 0.3) is 5.65 Å². The van der Waals surface area contributed by atoms with Crippen LogP contribution >= 0.6 is 0 Å². The number of aromatic nitrogens is 3. The molecule has 0 saturated heterocycles. The second-order valence-corrected chi connectivity index (χ2v) is 2.85. The van der Waals surface area contributed by atoms with Gasteiger partial charge >= 0.3 is 0 Å². The van der Waals surface area contributed by atoms with Gasteiger partial charge < -0.3 is 9.14 Å². The summed E-state index contributed by atoms with van der Waals surface area (Å²) < 4.78 is 6.73. The van der Waals surface area contributed by atoms with Gasteiger partial charge in [-0.05, 0) is 0 Å². The van der Waals surface area contributed by atoms with E-state index in [9.17, 15) is 4.79 Å². The molecule has 2 aromatic heterocycles. The van der Waals surface area contributed by atoms with Gasteiger partial charge in [-0.25, -0.2) is 9.97 Å². The van der Waals surface area contributed by atoms with Crippen molar-refractivity contribution >= 4 is 11.4 Å². The average Bonchev–Trinajstić information content (AvgIpc) is 2.60. The van der Waals surface area contributed by atoms with Crippen LogP contribution in [-0.4, -0.2) is 27.3 Å². The van der Waals surface area contributed by atoms with E-state index in [0.29, 0.717) is 17.2 Å². The summed E-state index contributed by atoms with van der Waals surface area (Å²) >= 11 is 0. The highest BCUT2D eigenvalue weighted by Gasteiger charge is 2.09. The van der Waals surface area contributed by atoms with Crippen molar-refractivity contribution in [2.75, 3.05) is 7.11 Å². The summed E-state index contributed by atoms with van der Waals surface area (Å²) in [5.41, 5.74) is 0.969. The Morgan fingerprint density at radius 3 is 3.00 bits per heavy atom. The Morgan fingerprint density at radius 1 is 1.57 bits per heavy atom. The van der Waals surface area contributed by atoms with Gasteiger partial charge in [0.1, 0.15) is 5.69 Å². The first-order valence-electron chi connectivity index (χ1n) is 4.11. The molecule has 5 heteroatoms. The Kier molecular flexibility index (Phi) is 1.92. The summed E-state index contributed by atoms with van der Waals surface area (Å²) in [5, 5.41) is 0. The SMILES string of the molecule is COc1nccn2cc(C(C)=O)nc12. The summed E-state index contributed by atoms with van der Waals surface area (Å²) in [6.45, 7) is 1.47. The van der Waals surface area contributed by atoms with Crippen LogP contribution in [0.3, 0.4) is 0 Å². The van der Waals surface area contributed by atoms with Crippen molar-refractivity contribution < 1.29 is 9.53 Å². The highest BCUT2D eigenvalue weighted by Crippen LogP contribution is 2.14. The smallest absolute Gasteiger partial charge is 0.258 e. The Labute approximate surface area is 80.4 Å². The third-order valence-electron chi connectivity index (χ3n) is 1.90. The molecule has 0 bridgehead atoms. The second-order valence-electron chi connectivity index (χ2n) is 2.85. The molecule has 0 atom stereocenters. The zero-order valence-corrected chi connectivity index (χ0v) is 7.89. The predicted octanol–water partition coefficient (Wildman–Crippen LogP) is 0.940. The number of ketones is 1. The number of carbonyl (C=O) groups excluding carboxylic acids is 1. The third kappa shape index (κ3) is 1.22. The van der Waals surface area contributed by atoms with E-state index in [-0.39, 0.29) is 5.78 Å². The van der Waals surface area contributed by atoms with Crippen LogP contribution in [0, 0.1) is 0 Å². The Balaban J connectivity index is 2.70. The van der Waals surface area contributed by atoms with Gasteiger partial charge in [0.25, 0.3) is 5.88 Å². The molecular weight excluding hydrogens is 182 g/mol. The topological polar surface area (TPSA) is 56.5 Å². The fourth-order valence-corrected chi connectivity index (χ4v) is 1.21. The van der Waals surface area contributed by atoms with Crippen LogP contribution in [0.15, 0.2) is 18.6 Å². The molecule has 0 fully saturated rings. The Morgan fingerprint density at radius 2 is 2.36 bits per heavy atom. The van der Waals surface area contributed by atoms with Crippen molar-refractivity contribution in [1.82, 2.24) is 14.4 Å². The molecule has 72 valence electrons. The lowest BCUT2D eigenvalue weighted by atomic mass is 10.3. The second kappa shape index (κ2) is 3.10. The summed E-state index contributed by atoms with van der Waals surface area (Å²) in [5.74, 6) is 0.343. The van der Waals surface area contributed by atoms with Crippen molar-refractivity contribution in [1.29, 1.82) is 0 Å². The van der Waals surface area contributed by atoms with Crippen LogP contribution in [0.1, 0.15) is 17.4 Å². The van der Waals surface area contributed by atoms with E-state index >= 15 is 0 Å². The van der Waals surface area contributed by atoms with E-state index in [2.05, 4.69) is 9.97 Å². The Bertz CT molecular complexity index is 490. The molecule has 2 rings (SSSR count). The van der Waals surface area contributed by atoms with Crippen molar-refractivity contribution in [3.05, 3.63) is 24.3 Å². The number of hydrogen-bond acceptors (Lipinski definition) is 4. The Hall–Kier alpha value is -1.91. The fourth-order valence-electron chi connectivity index (χ4n) is 1.21. The number of carbonyl (C=O) groups is 1. The number of ether oxygens (including phenoxy) is 1. The molecule has 5 nitrogen and oxygen atoms in total. The number of nitrogens with zero attached hydrogens (tertiary/aromatic N) is 3. The molecule has 2 heterocycles. The van der Waals surface area contributed by atoms with Crippen molar-refractivity contribution in [2.45, 2.75) is 6.92 Å². The first kappa shape index (κ1) is 8.68. The molecule has 0 N–H and O–H groups in total. The van der Waals surface area contributed by atoms with Gasteiger partial charge in [-0.1, -0.05) is 0 Å². The van der Waals surface area contributed by atoms with Gasteiger partial charge in [-0.2, -0.15) is 0 Å². The van der Waals surface area contributed by atoms with Gasteiger partial charge in [0.2, 0.25) is 5.65 Å². The van der Waals surface area contributed by atoms with Gasteiger partial charge in [-0.3, -0.25) is 4.79 Å². The minimum atomic E-state index is -0.0734. The molecule has 0 saturated carbocycles. The first-order valence-corrected chi connectivity index (χ1v) is 4.11. The van der Waals surface area contributed by atoms with Gasteiger partial charge in [-0.15, -0.1) is 0 Å². The lowest BCUT2D eigenvalue weighted by Gasteiger charge is -1.98. The minimum Gasteiger partial charge on any atom is -0.478 e. The monoisotopic (exact) mass is 191 g/mol. The van der Waals surface area contributed by atoms with Gasteiger partial charge in [0.05, 0.1) is 7.11 Å². The molecule has 0 spiro atoms.